The molecule has 2 nitrogen and oxygen atoms in total. The van der Waals surface area contributed by atoms with Gasteiger partial charge in [-0.1, -0.05) is 19.9 Å². The molecule has 1 unspecified atom stereocenters. The fraction of sp³-hybridized carbons (Fsp3) is 0.211. The standard InChI is InChI=1S/C19H17F2NO/c1-3-12(2)14-9-16(20)19(17(21)10-14)23-15-7-6-13-5-4-8-22-18(13)11-15/h4-12H,3H2,1-2H3. The number of aromatic nitrogens is 1. The third-order valence-electron chi connectivity index (χ3n) is 4.00. The normalized spacial score (nSPS) is 12.3. The average Bonchev–Trinajstić information content (AvgIpc) is 2.57. The molecule has 0 aliphatic carbocycles. The largest absolute Gasteiger partial charge is 0.451 e. The van der Waals surface area contributed by atoms with Gasteiger partial charge in [-0.05, 0) is 48.2 Å². The van der Waals surface area contributed by atoms with E-state index in [2.05, 4.69) is 4.98 Å². The minimum absolute atomic E-state index is 0.0953. The molecule has 2 aromatic carbocycles. The number of nitrogens with zero attached hydrogens (tertiary/aromatic N) is 1. The van der Waals surface area contributed by atoms with Crippen molar-refractivity contribution in [1.29, 1.82) is 0 Å². The number of rotatable bonds is 4. The van der Waals surface area contributed by atoms with E-state index in [1.165, 1.54) is 12.1 Å². The molecule has 1 aromatic heterocycles. The van der Waals surface area contributed by atoms with Crippen LogP contribution in [0.5, 0.6) is 11.5 Å². The molecule has 0 fully saturated rings. The molecular weight excluding hydrogens is 296 g/mol. The van der Waals surface area contributed by atoms with E-state index in [0.717, 1.165) is 11.8 Å². The molecule has 0 aliphatic heterocycles. The summed E-state index contributed by atoms with van der Waals surface area (Å²) in [6.45, 7) is 3.91. The van der Waals surface area contributed by atoms with Crippen molar-refractivity contribution in [3.63, 3.8) is 0 Å². The second-order valence-corrected chi connectivity index (χ2v) is 5.58. The highest BCUT2D eigenvalue weighted by Crippen LogP contribution is 2.32. The molecule has 0 amide bonds. The fourth-order valence-electron chi connectivity index (χ4n) is 2.42. The number of hydrogen-bond donors (Lipinski definition) is 0. The van der Waals surface area contributed by atoms with Gasteiger partial charge in [-0.25, -0.2) is 8.78 Å². The number of fused-ring (bicyclic) bond motifs is 1. The molecule has 0 spiro atoms. The first-order chi connectivity index (χ1) is 11.1. The predicted octanol–water partition coefficient (Wildman–Crippen LogP) is 5.82. The van der Waals surface area contributed by atoms with Crippen LogP contribution in [0.3, 0.4) is 0 Å². The molecule has 4 heteroatoms. The number of benzene rings is 2. The summed E-state index contributed by atoms with van der Waals surface area (Å²) < 4.78 is 33.9. The first-order valence-electron chi connectivity index (χ1n) is 7.60. The zero-order valence-electron chi connectivity index (χ0n) is 13.0. The Hall–Kier alpha value is -2.49. The van der Waals surface area contributed by atoms with Gasteiger partial charge in [-0.2, -0.15) is 0 Å². The van der Waals surface area contributed by atoms with Gasteiger partial charge in [0.1, 0.15) is 5.75 Å². The van der Waals surface area contributed by atoms with Crippen LogP contribution < -0.4 is 4.74 Å². The van der Waals surface area contributed by atoms with Crippen LogP contribution >= 0.6 is 0 Å². The Labute approximate surface area is 133 Å². The second kappa shape index (κ2) is 6.32. The van der Waals surface area contributed by atoms with E-state index in [1.54, 1.807) is 24.4 Å². The molecule has 3 aromatic rings. The average molecular weight is 313 g/mol. The first-order valence-corrected chi connectivity index (χ1v) is 7.60. The van der Waals surface area contributed by atoms with Crippen molar-refractivity contribution in [2.24, 2.45) is 0 Å². The van der Waals surface area contributed by atoms with Crippen LogP contribution in [0.15, 0.2) is 48.7 Å². The Balaban J connectivity index is 1.95. The van der Waals surface area contributed by atoms with Crippen molar-refractivity contribution >= 4 is 10.9 Å². The van der Waals surface area contributed by atoms with Gasteiger partial charge in [0.2, 0.25) is 0 Å². The highest BCUT2D eigenvalue weighted by atomic mass is 19.1. The second-order valence-electron chi connectivity index (χ2n) is 5.58. The summed E-state index contributed by atoms with van der Waals surface area (Å²) in [5, 5.41) is 0.938. The smallest absolute Gasteiger partial charge is 0.198 e. The summed E-state index contributed by atoms with van der Waals surface area (Å²) in [7, 11) is 0. The van der Waals surface area contributed by atoms with Gasteiger partial charge >= 0.3 is 0 Å². The van der Waals surface area contributed by atoms with Crippen LogP contribution in [0.4, 0.5) is 8.78 Å². The Kier molecular flexibility index (Phi) is 4.24. The van der Waals surface area contributed by atoms with E-state index in [4.69, 9.17) is 4.74 Å². The third kappa shape index (κ3) is 3.16. The molecule has 0 radical (unpaired) electrons. The number of hydrogen-bond acceptors (Lipinski definition) is 2. The van der Waals surface area contributed by atoms with Gasteiger partial charge in [0.25, 0.3) is 0 Å². The van der Waals surface area contributed by atoms with Crippen LogP contribution in [0.2, 0.25) is 0 Å². The fourth-order valence-corrected chi connectivity index (χ4v) is 2.42. The first kappa shape index (κ1) is 15.4. The summed E-state index contributed by atoms with van der Waals surface area (Å²) in [5.74, 6) is -1.32. The molecule has 1 heterocycles. The van der Waals surface area contributed by atoms with Crippen molar-refractivity contribution in [2.75, 3.05) is 0 Å². The summed E-state index contributed by atoms with van der Waals surface area (Å²) in [5.41, 5.74) is 1.34. The molecule has 23 heavy (non-hydrogen) atoms. The zero-order valence-corrected chi connectivity index (χ0v) is 13.0. The zero-order chi connectivity index (χ0) is 16.4. The molecule has 118 valence electrons. The maximum absolute atomic E-state index is 14.2. The van der Waals surface area contributed by atoms with Crippen LogP contribution in [0, 0.1) is 11.6 Å². The topological polar surface area (TPSA) is 22.1 Å². The summed E-state index contributed by atoms with van der Waals surface area (Å²) in [4.78, 5) is 4.21. The van der Waals surface area contributed by atoms with Crippen molar-refractivity contribution in [3.05, 3.63) is 65.9 Å². The van der Waals surface area contributed by atoms with Crippen molar-refractivity contribution in [2.45, 2.75) is 26.2 Å². The van der Waals surface area contributed by atoms with Crippen LogP contribution in [-0.4, -0.2) is 4.98 Å². The van der Waals surface area contributed by atoms with E-state index in [9.17, 15) is 8.78 Å². The Bertz CT molecular complexity index is 825. The lowest BCUT2D eigenvalue weighted by molar-refractivity contribution is 0.406. The van der Waals surface area contributed by atoms with Crippen LogP contribution in [0.25, 0.3) is 10.9 Å². The highest BCUT2D eigenvalue weighted by Gasteiger charge is 2.16. The summed E-state index contributed by atoms with van der Waals surface area (Å²) in [6.07, 6.45) is 2.48. The highest BCUT2D eigenvalue weighted by molar-refractivity contribution is 5.79. The van der Waals surface area contributed by atoms with Gasteiger partial charge in [-0.15, -0.1) is 0 Å². The molecule has 0 bridgehead atoms. The van der Waals surface area contributed by atoms with Crippen molar-refractivity contribution < 1.29 is 13.5 Å². The van der Waals surface area contributed by atoms with Crippen molar-refractivity contribution in [1.82, 2.24) is 4.98 Å². The summed E-state index contributed by atoms with van der Waals surface area (Å²) >= 11 is 0. The molecule has 0 N–H and O–H groups in total. The van der Waals surface area contributed by atoms with E-state index < -0.39 is 11.6 Å². The Morgan fingerprint density at radius 1 is 1.09 bits per heavy atom. The monoisotopic (exact) mass is 313 g/mol. The minimum atomic E-state index is -0.693. The van der Waals surface area contributed by atoms with E-state index >= 15 is 0 Å². The van der Waals surface area contributed by atoms with E-state index in [0.29, 0.717) is 16.8 Å². The lowest BCUT2D eigenvalue weighted by Crippen LogP contribution is -1.98. The Morgan fingerprint density at radius 3 is 2.52 bits per heavy atom. The van der Waals surface area contributed by atoms with Gasteiger partial charge in [0.15, 0.2) is 17.4 Å². The molecular formula is C19H17F2NO. The molecule has 0 saturated heterocycles. The molecule has 0 saturated carbocycles. The molecule has 0 aliphatic rings. The number of pyridine rings is 1. The van der Waals surface area contributed by atoms with E-state index in [-0.39, 0.29) is 11.7 Å². The number of ether oxygens (including phenoxy) is 1. The van der Waals surface area contributed by atoms with Gasteiger partial charge < -0.3 is 4.74 Å². The summed E-state index contributed by atoms with van der Waals surface area (Å²) in [6, 6.07) is 11.6. The molecule has 3 rings (SSSR count). The minimum Gasteiger partial charge on any atom is -0.451 e. The predicted molar refractivity (Wildman–Crippen MR) is 86.9 cm³/mol. The van der Waals surface area contributed by atoms with Gasteiger partial charge in [0.05, 0.1) is 5.52 Å². The van der Waals surface area contributed by atoms with Crippen molar-refractivity contribution in [3.8, 4) is 11.5 Å². The molecule has 1 atom stereocenters. The van der Waals surface area contributed by atoms with Gasteiger partial charge in [-0.3, -0.25) is 4.98 Å². The Morgan fingerprint density at radius 2 is 1.83 bits per heavy atom. The maximum Gasteiger partial charge on any atom is 0.198 e. The lowest BCUT2D eigenvalue weighted by atomic mass is 9.98. The third-order valence-corrected chi connectivity index (χ3v) is 4.00. The van der Waals surface area contributed by atoms with E-state index in [1.807, 2.05) is 26.0 Å². The van der Waals surface area contributed by atoms with Gasteiger partial charge in [0, 0.05) is 17.6 Å². The quantitative estimate of drug-likeness (QED) is 0.605. The SMILES string of the molecule is CCC(C)c1cc(F)c(Oc2ccc3cccnc3c2)c(F)c1. The lowest BCUT2D eigenvalue weighted by Gasteiger charge is -2.13. The van der Waals surface area contributed by atoms with Crippen LogP contribution in [0.1, 0.15) is 31.7 Å². The van der Waals surface area contributed by atoms with Crippen LogP contribution in [-0.2, 0) is 0 Å². The number of halogens is 2. The maximum atomic E-state index is 14.2.